The van der Waals surface area contributed by atoms with Gasteiger partial charge in [0.15, 0.2) is 0 Å². The van der Waals surface area contributed by atoms with Gasteiger partial charge in [0.2, 0.25) is 5.91 Å². The third kappa shape index (κ3) is 3.32. The van der Waals surface area contributed by atoms with Crippen molar-refractivity contribution in [2.45, 2.75) is 19.5 Å². The van der Waals surface area contributed by atoms with Crippen molar-refractivity contribution in [3.05, 3.63) is 70.4 Å². The molecule has 2 rings (SSSR count). The summed E-state index contributed by atoms with van der Waals surface area (Å²) in [5, 5.41) is 2.67. The van der Waals surface area contributed by atoms with Crippen molar-refractivity contribution in [2.24, 2.45) is 0 Å². The highest BCUT2D eigenvalue weighted by Gasteiger charge is 2.13. The van der Waals surface area contributed by atoms with Crippen molar-refractivity contribution in [2.75, 3.05) is 0 Å². The Morgan fingerprint density at radius 2 is 1.95 bits per heavy atom. The maximum Gasteiger partial charge on any atom is 0.250 e. The molecule has 1 aromatic heterocycles. The summed E-state index contributed by atoms with van der Waals surface area (Å²) in [6.45, 7) is 1.61. The first kappa shape index (κ1) is 14.0. The van der Waals surface area contributed by atoms with Gasteiger partial charge in [-0.1, -0.05) is 24.3 Å². The second-order valence-corrected chi connectivity index (χ2v) is 4.48. The van der Waals surface area contributed by atoms with Crippen molar-refractivity contribution in [1.29, 1.82) is 0 Å². The third-order valence-electron chi connectivity index (χ3n) is 2.96. The van der Waals surface area contributed by atoms with Crippen LogP contribution < -0.4 is 10.9 Å². The summed E-state index contributed by atoms with van der Waals surface area (Å²) in [6, 6.07) is 10.5. The van der Waals surface area contributed by atoms with Crippen LogP contribution in [0.5, 0.6) is 0 Å². The fraction of sp³-hybridized carbons (Fsp3) is 0.200. The van der Waals surface area contributed by atoms with E-state index in [4.69, 9.17) is 0 Å². The van der Waals surface area contributed by atoms with Gasteiger partial charge in [0.1, 0.15) is 12.4 Å². The van der Waals surface area contributed by atoms with E-state index in [2.05, 4.69) is 5.32 Å². The Hall–Kier alpha value is -2.43. The molecule has 0 fully saturated rings. The molecule has 1 aromatic carbocycles. The molecule has 0 aliphatic rings. The Bertz CT molecular complexity index is 667. The minimum absolute atomic E-state index is 0.0849. The Kier molecular flexibility index (Phi) is 4.30. The number of hydrogen-bond acceptors (Lipinski definition) is 2. The minimum Gasteiger partial charge on any atom is -0.348 e. The topological polar surface area (TPSA) is 51.1 Å². The third-order valence-corrected chi connectivity index (χ3v) is 2.96. The van der Waals surface area contributed by atoms with Crippen LogP contribution in [0, 0.1) is 5.82 Å². The quantitative estimate of drug-likeness (QED) is 0.925. The van der Waals surface area contributed by atoms with Crippen LogP contribution >= 0.6 is 0 Å². The highest BCUT2D eigenvalue weighted by Crippen LogP contribution is 2.15. The second kappa shape index (κ2) is 6.14. The van der Waals surface area contributed by atoms with Gasteiger partial charge < -0.3 is 9.88 Å². The number of carbonyl (C=O) groups excluding carboxylic acids is 1. The molecule has 0 spiro atoms. The number of carbonyl (C=O) groups is 1. The highest BCUT2D eigenvalue weighted by atomic mass is 19.1. The number of pyridine rings is 1. The van der Waals surface area contributed by atoms with E-state index in [9.17, 15) is 14.0 Å². The van der Waals surface area contributed by atoms with Crippen molar-refractivity contribution >= 4 is 5.91 Å². The summed E-state index contributed by atoms with van der Waals surface area (Å²) in [5.41, 5.74) is 0.169. The van der Waals surface area contributed by atoms with Crippen LogP contribution in [0.15, 0.2) is 53.5 Å². The first-order valence-electron chi connectivity index (χ1n) is 6.27. The summed E-state index contributed by atoms with van der Waals surface area (Å²) in [7, 11) is 0. The molecule has 0 aliphatic carbocycles. The SMILES string of the molecule is CC(NC(=O)Cn1ccccc1=O)c1ccccc1F. The van der Waals surface area contributed by atoms with Gasteiger partial charge in [0.05, 0.1) is 6.04 Å². The molecule has 1 atom stereocenters. The number of rotatable bonds is 4. The molecule has 1 heterocycles. The number of halogens is 1. The number of nitrogens with one attached hydrogen (secondary N) is 1. The van der Waals surface area contributed by atoms with Crippen LogP contribution in [-0.4, -0.2) is 10.5 Å². The van der Waals surface area contributed by atoms with E-state index in [1.165, 1.54) is 22.9 Å². The van der Waals surface area contributed by atoms with Crippen LogP contribution in [0.1, 0.15) is 18.5 Å². The lowest BCUT2D eigenvalue weighted by Gasteiger charge is -2.15. The Morgan fingerprint density at radius 3 is 2.65 bits per heavy atom. The molecule has 0 radical (unpaired) electrons. The first-order valence-corrected chi connectivity index (χ1v) is 6.27. The smallest absolute Gasteiger partial charge is 0.250 e. The van der Waals surface area contributed by atoms with Gasteiger partial charge in [0.25, 0.3) is 5.56 Å². The van der Waals surface area contributed by atoms with Gasteiger partial charge in [-0.2, -0.15) is 0 Å². The lowest BCUT2D eigenvalue weighted by Crippen LogP contribution is -2.33. The van der Waals surface area contributed by atoms with Gasteiger partial charge in [0, 0.05) is 17.8 Å². The van der Waals surface area contributed by atoms with Crippen LogP contribution in [0.2, 0.25) is 0 Å². The normalized spacial score (nSPS) is 11.9. The molecule has 0 saturated carbocycles. The summed E-state index contributed by atoms with van der Waals surface area (Å²) < 4.78 is 14.9. The molecule has 2 aromatic rings. The van der Waals surface area contributed by atoms with Crippen LogP contribution in [0.4, 0.5) is 4.39 Å². The number of amides is 1. The van der Waals surface area contributed by atoms with Gasteiger partial charge in [-0.05, 0) is 19.1 Å². The predicted molar refractivity (Wildman–Crippen MR) is 73.7 cm³/mol. The molecule has 1 amide bonds. The van der Waals surface area contributed by atoms with Crippen molar-refractivity contribution < 1.29 is 9.18 Å². The van der Waals surface area contributed by atoms with E-state index >= 15 is 0 Å². The zero-order valence-electron chi connectivity index (χ0n) is 11.0. The standard InChI is InChI=1S/C15H15FN2O2/c1-11(12-6-2-3-7-13(12)16)17-14(19)10-18-9-5-4-8-15(18)20/h2-9,11H,10H2,1H3,(H,17,19). The number of aromatic nitrogens is 1. The number of hydrogen-bond donors (Lipinski definition) is 1. The largest absolute Gasteiger partial charge is 0.348 e. The van der Waals surface area contributed by atoms with Crippen molar-refractivity contribution in [3.63, 3.8) is 0 Å². The summed E-state index contributed by atoms with van der Waals surface area (Å²) in [4.78, 5) is 23.4. The molecule has 1 N–H and O–H groups in total. The molecule has 0 bridgehead atoms. The van der Waals surface area contributed by atoms with E-state index in [1.807, 2.05) is 0 Å². The second-order valence-electron chi connectivity index (χ2n) is 4.48. The maximum absolute atomic E-state index is 13.6. The molecular weight excluding hydrogens is 259 g/mol. The lowest BCUT2D eigenvalue weighted by molar-refractivity contribution is -0.122. The van der Waals surface area contributed by atoms with E-state index in [-0.39, 0.29) is 23.8 Å². The van der Waals surface area contributed by atoms with Gasteiger partial charge in [-0.25, -0.2) is 4.39 Å². The van der Waals surface area contributed by atoms with Gasteiger partial charge in [-0.15, -0.1) is 0 Å². The Balaban J connectivity index is 2.04. The number of benzene rings is 1. The zero-order valence-corrected chi connectivity index (χ0v) is 11.0. The average molecular weight is 274 g/mol. The molecule has 104 valence electrons. The number of nitrogens with zero attached hydrogens (tertiary/aromatic N) is 1. The van der Waals surface area contributed by atoms with E-state index in [1.54, 1.807) is 37.3 Å². The predicted octanol–water partition coefficient (Wildman–Crippen LogP) is 1.86. The summed E-state index contributed by atoms with van der Waals surface area (Å²) in [5.74, 6) is -0.703. The monoisotopic (exact) mass is 274 g/mol. The fourth-order valence-electron chi connectivity index (χ4n) is 1.94. The first-order chi connectivity index (χ1) is 9.58. The Labute approximate surface area is 115 Å². The summed E-state index contributed by atoms with van der Waals surface area (Å²) >= 11 is 0. The fourth-order valence-corrected chi connectivity index (χ4v) is 1.94. The lowest BCUT2D eigenvalue weighted by atomic mass is 10.1. The van der Waals surface area contributed by atoms with E-state index < -0.39 is 6.04 Å². The average Bonchev–Trinajstić information content (AvgIpc) is 2.41. The van der Waals surface area contributed by atoms with Gasteiger partial charge in [-0.3, -0.25) is 9.59 Å². The van der Waals surface area contributed by atoms with Crippen molar-refractivity contribution in [1.82, 2.24) is 9.88 Å². The Morgan fingerprint density at radius 1 is 1.25 bits per heavy atom. The molecule has 5 heteroatoms. The molecule has 1 unspecified atom stereocenters. The summed E-state index contributed by atoms with van der Waals surface area (Å²) in [6.07, 6.45) is 1.54. The van der Waals surface area contributed by atoms with Crippen molar-refractivity contribution in [3.8, 4) is 0 Å². The molecular formula is C15H15FN2O2. The maximum atomic E-state index is 13.6. The zero-order chi connectivity index (χ0) is 14.5. The van der Waals surface area contributed by atoms with E-state index in [0.29, 0.717) is 5.56 Å². The minimum atomic E-state index is -0.455. The van der Waals surface area contributed by atoms with Gasteiger partial charge >= 0.3 is 0 Å². The van der Waals surface area contributed by atoms with Crippen LogP contribution in [-0.2, 0) is 11.3 Å². The van der Waals surface area contributed by atoms with E-state index in [0.717, 1.165) is 0 Å². The molecule has 4 nitrogen and oxygen atoms in total. The molecule has 20 heavy (non-hydrogen) atoms. The molecule has 0 aliphatic heterocycles. The van der Waals surface area contributed by atoms with Crippen LogP contribution in [0.3, 0.4) is 0 Å². The van der Waals surface area contributed by atoms with Crippen LogP contribution in [0.25, 0.3) is 0 Å². The molecule has 0 saturated heterocycles. The highest BCUT2D eigenvalue weighted by molar-refractivity contribution is 5.76.